The molecule has 5 nitrogen and oxygen atoms in total. The molecule has 1 aromatic carbocycles. The Morgan fingerprint density at radius 3 is 2.61 bits per heavy atom. The summed E-state index contributed by atoms with van der Waals surface area (Å²) in [5, 5.41) is 3.79. The van der Waals surface area contributed by atoms with Gasteiger partial charge in [0.15, 0.2) is 0 Å². The topological polar surface area (TPSA) is 66.0 Å². The van der Waals surface area contributed by atoms with Gasteiger partial charge in [0.25, 0.3) is 0 Å². The van der Waals surface area contributed by atoms with Crippen LogP contribution < -0.4 is 10.5 Å². The quantitative estimate of drug-likeness (QED) is 0.838. The third kappa shape index (κ3) is 2.53. The number of ether oxygens (including phenoxy) is 1. The van der Waals surface area contributed by atoms with Gasteiger partial charge in [-0.05, 0) is 18.2 Å². The lowest BCUT2D eigenvalue weighted by Crippen LogP contribution is -2.08. The van der Waals surface area contributed by atoms with Crippen molar-refractivity contribution in [2.45, 2.75) is 6.18 Å². The highest BCUT2D eigenvalue weighted by atomic mass is 19.4. The van der Waals surface area contributed by atoms with Crippen LogP contribution in [0.2, 0.25) is 0 Å². The van der Waals surface area contributed by atoms with E-state index in [0.717, 1.165) is 12.1 Å². The maximum atomic E-state index is 12.6. The van der Waals surface area contributed by atoms with E-state index in [1.807, 2.05) is 0 Å². The minimum absolute atomic E-state index is 0.0253. The molecule has 0 atom stereocenters. The van der Waals surface area contributed by atoms with E-state index in [4.69, 9.17) is 10.5 Å². The highest BCUT2D eigenvalue weighted by Gasteiger charge is 2.33. The zero-order valence-corrected chi connectivity index (χ0v) is 9.27. The van der Waals surface area contributed by atoms with E-state index in [1.54, 1.807) is 7.05 Å². The SMILES string of the molecule is Cn1cnc(Oc2ccc(N)c(C(F)(F)F)c2)n1. The van der Waals surface area contributed by atoms with Crippen LogP contribution in [0.5, 0.6) is 11.8 Å². The molecule has 18 heavy (non-hydrogen) atoms. The summed E-state index contributed by atoms with van der Waals surface area (Å²) in [5.74, 6) is -0.0253. The average molecular weight is 258 g/mol. The maximum Gasteiger partial charge on any atom is 0.418 e. The van der Waals surface area contributed by atoms with Crippen LogP contribution in [0.1, 0.15) is 5.56 Å². The van der Waals surface area contributed by atoms with E-state index >= 15 is 0 Å². The fourth-order valence-corrected chi connectivity index (χ4v) is 1.32. The predicted molar refractivity (Wildman–Crippen MR) is 56.9 cm³/mol. The van der Waals surface area contributed by atoms with Crippen molar-refractivity contribution in [2.75, 3.05) is 5.73 Å². The summed E-state index contributed by atoms with van der Waals surface area (Å²) < 4.78 is 44.3. The highest BCUT2D eigenvalue weighted by molar-refractivity contribution is 5.52. The van der Waals surface area contributed by atoms with Crippen LogP contribution in [0.4, 0.5) is 18.9 Å². The summed E-state index contributed by atoms with van der Waals surface area (Å²) in [5.41, 5.74) is 3.96. The monoisotopic (exact) mass is 258 g/mol. The number of aryl methyl sites for hydroxylation is 1. The first-order valence-electron chi connectivity index (χ1n) is 4.86. The molecule has 8 heteroatoms. The number of rotatable bonds is 2. The van der Waals surface area contributed by atoms with Crippen LogP contribution in [-0.2, 0) is 13.2 Å². The second-order valence-electron chi connectivity index (χ2n) is 3.55. The number of nitrogen functional groups attached to an aromatic ring is 1. The lowest BCUT2D eigenvalue weighted by Gasteiger charge is -2.11. The molecule has 0 aliphatic rings. The highest BCUT2D eigenvalue weighted by Crippen LogP contribution is 2.36. The van der Waals surface area contributed by atoms with E-state index in [-0.39, 0.29) is 17.4 Å². The molecule has 1 aromatic heterocycles. The number of benzene rings is 1. The van der Waals surface area contributed by atoms with Crippen molar-refractivity contribution in [3.05, 3.63) is 30.1 Å². The molecule has 2 aromatic rings. The lowest BCUT2D eigenvalue weighted by atomic mass is 10.1. The zero-order chi connectivity index (χ0) is 13.3. The van der Waals surface area contributed by atoms with Crippen molar-refractivity contribution in [2.24, 2.45) is 7.05 Å². The van der Waals surface area contributed by atoms with Gasteiger partial charge in [0.05, 0.1) is 5.56 Å². The number of nitrogens with two attached hydrogens (primary N) is 1. The van der Waals surface area contributed by atoms with E-state index in [9.17, 15) is 13.2 Å². The van der Waals surface area contributed by atoms with Gasteiger partial charge >= 0.3 is 12.2 Å². The molecule has 0 aliphatic carbocycles. The summed E-state index contributed by atoms with van der Waals surface area (Å²) in [6.45, 7) is 0. The molecule has 0 saturated carbocycles. The molecule has 0 amide bonds. The van der Waals surface area contributed by atoms with Crippen molar-refractivity contribution in [3.63, 3.8) is 0 Å². The Balaban J connectivity index is 2.30. The molecule has 96 valence electrons. The molecule has 1 heterocycles. The molecule has 0 radical (unpaired) electrons. The normalized spacial score (nSPS) is 11.6. The van der Waals surface area contributed by atoms with Gasteiger partial charge in [0.1, 0.15) is 12.1 Å². The van der Waals surface area contributed by atoms with Crippen LogP contribution in [-0.4, -0.2) is 14.8 Å². The predicted octanol–water partition coefficient (Wildman–Crippen LogP) is 2.21. The summed E-state index contributed by atoms with van der Waals surface area (Å²) in [6.07, 6.45) is -3.15. The molecule has 0 unspecified atom stereocenters. The number of nitrogens with zero attached hydrogens (tertiary/aromatic N) is 3. The van der Waals surface area contributed by atoms with E-state index < -0.39 is 11.7 Å². The number of halogens is 3. The number of hydrogen-bond acceptors (Lipinski definition) is 4. The lowest BCUT2D eigenvalue weighted by molar-refractivity contribution is -0.137. The molecule has 0 spiro atoms. The van der Waals surface area contributed by atoms with Gasteiger partial charge in [-0.25, -0.2) is 0 Å². The van der Waals surface area contributed by atoms with E-state index in [0.29, 0.717) is 0 Å². The second-order valence-corrected chi connectivity index (χ2v) is 3.55. The fraction of sp³-hybridized carbons (Fsp3) is 0.200. The Morgan fingerprint density at radius 2 is 2.06 bits per heavy atom. The Kier molecular flexibility index (Phi) is 2.85. The van der Waals surface area contributed by atoms with Crippen molar-refractivity contribution in [1.29, 1.82) is 0 Å². The van der Waals surface area contributed by atoms with E-state index in [2.05, 4.69) is 10.1 Å². The van der Waals surface area contributed by atoms with E-state index in [1.165, 1.54) is 17.1 Å². The average Bonchev–Trinajstić information content (AvgIpc) is 2.65. The largest absolute Gasteiger partial charge is 0.423 e. The van der Waals surface area contributed by atoms with Gasteiger partial charge in [-0.2, -0.15) is 18.2 Å². The first kappa shape index (κ1) is 12.2. The van der Waals surface area contributed by atoms with Gasteiger partial charge in [0.2, 0.25) is 0 Å². The molecule has 0 fully saturated rings. The van der Waals surface area contributed by atoms with Crippen molar-refractivity contribution in [3.8, 4) is 11.8 Å². The molecule has 0 saturated heterocycles. The van der Waals surface area contributed by atoms with Crippen LogP contribution in [0.25, 0.3) is 0 Å². The molecule has 0 bridgehead atoms. The number of aromatic nitrogens is 3. The standard InChI is InChI=1S/C10H9F3N4O/c1-17-5-15-9(16-17)18-6-2-3-8(14)7(4-6)10(11,12)13/h2-5H,14H2,1H3. The third-order valence-electron chi connectivity index (χ3n) is 2.12. The first-order valence-corrected chi connectivity index (χ1v) is 4.86. The molecular weight excluding hydrogens is 249 g/mol. The summed E-state index contributed by atoms with van der Waals surface area (Å²) >= 11 is 0. The Morgan fingerprint density at radius 1 is 1.33 bits per heavy atom. The van der Waals surface area contributed by atoms with Crippen LogP contribution >= 0.6 is 0 Å². The number of alkyl halides is 3. The summed E-state index contributed by atoms with van der Waals surface area (Å²) in [4.78, 5) is 3.74. The minimum Gasteiger partial charge on any atom is -0.423 e. The molecule has 0 aliphatic heterocycles. The van der Waals surface area contributed by atoms with Crippen molar-refractivity contribution >= 4 is 5.69 Å². The summed E-state index contributed by atoms with van der Waals surface area (Å²) in [7, 11) is 1.62. The van der Waals surface area contributed by atoms with Crippen LogP contribution in [0.15, 0.2) is 24.5 Å². The molecule has 2 rings (SSSR count). The second kappa shape index (κ2) is 4.21. The number of hydrogen-bond donors (Lipinski definition) is 1. The van der Waals surface area contributed by atoms with Crippen molar-refractivity contribution < 1.29 is 17.9 Å². The van der Waals surface area contributed by atoms with Crippen molar-refractivity contribution in [1.82, 2.24) is 14.8 Å². The third-order valence-corrected chi connectivity index (χ3v) is 2.12. The molecular formula is C10H9F3N4O. The fourth-order valence-electron chi connectivity index (χ4n) is 1.32. The minimum atomic E-state index is -4.53. The maximum absolute atomic E-state index is 12.6. The van der Waals surface area contributed by atoms with Gasteiger partial charge in [-0.15, -0.1) is 5.10 Å². The van der Waals surface area contributed by atoms with Gasteiger partial charge < -0.3 is 10.5 Å². The smallest absolute Gasteiger partial charge is 0.418 e. The Hall–Kier alpha value is -2.25. The van der Waals surface area contributed by atoms with Gasteiger partial charge in [-0.3, -0.25) is 4.68 Å². The molecule has 2 N–H and O–H groups in total. The van der Waals surface area contributed by atoms with Crippen LogP contribution in [0.3, 0.4) is 0 Å². The Labute approximate surface area is 100.0 Å². The van der Waals surface area contributed by atoms with Gasteiger partial charge in [-0.1, -0.05) is 0 Å². The zero-order valence-electron chi connectivity index (χ0n) is 9.27. The van der Waals surface area contributed by atoms with Crippen LogP contribution in [0, 0.1) is 0 Å². The Bertz CT molecular complexity index is 564. The van der Waals surface area contributed by atoms with Gasteiger partial charge in [0, 0.05) is 12.7 Å². The first-order chi connectivity index (χ1) is 8.36. The summed E-state index contributed by atoms with van der Waals surface area (Å²) in [6, 6.07) is 3.23. The number of anilines is 1.